The molecule has 22 heavy (non-hydrogen) atoms. The Labute approximate surface area is 138 Å². The molecule has 0 aliphatic heterocycles. The van der Waals surface area contributed by atoms with Crippen molar-refractivity contribution < 1.29 is 5.11 Å². The summed E-state index contributed by atoms with van der Waals surface area (Å²) in [5.41, 5.74) is 1.24. The molecule has 0 atom stereocenters. The molecule has 0 saturated carbocycles. The predicted octanol–water partition coefficient (Wildman–Crippen LogP) is 5.64. The van der Waals surface area contributed by atoms with Gasteiger partial charge in [0.1, 0.15) is 16.2 Å². The Hall–Kier alpha value is -1.15. The molecule has 0 spiro atoms. The number of rotatable bonds is 3. The van der Waals surface area contributed by atoms with Gasteiger partial charge in [-0.3, -0.25) is 0 Å². The number of hydrogen-bond donors (Lipinski definition) is 1. The summed E-state index contributed by atoms with van der Waals surface area (Å²) in [5.74, 6) is 0.403. The third kappa shape index (κ3) is 3.12. The third-order valence-electron chi connectivity index (χ3n) is 4.06. The van der Waals surface area contributed by atoms with Crippen molar-refractivity contribution in [2.75, 3.05) is 0 Å². The van der Waals surface area contributed by atoms with Crippen molar-refractivity contribution >= 4 is 21.7 Å². The maximum absolute atomic E-state index is 10.5. The minimum absolute atomic E-state index is 0.0177. The second-order valence-electron chi connectivity index (χ2n) is 7.53. The van der Waals surface area contributed by atoms with E-state index in [-0.39, 0.29) is 16.3 Å². The summed E-state index contributed by atoms with van der Waals surface area (Å²) in [6, 6.07) is 10.5. The molecule has 2 aromatic carbocycles. The Bertz CT molecular complexity index is 657. The molecule has 0 aliphatic carbocycles. The summed E-state index contributed by atoms with van der Waals surface area (Å²) in [6.07, 6.45) is 0. The van der Waals surface area contributed by atoms with Crippen LogP contribution in [-0.2, 0) is 16.3 Å². The van der Waals surface area contributed by atoms with Gasteiger partial charge in [-0.1, -0.05) is 32.9 Å². The van der Waals surface area contributed by atoms with Gasteiger partial charge >= 0.3 is 0 Å². The number of fused-ring (bicyclic) bond motifs is 1. The van der Waals surface area contributed by atoms with Crippen molar-refractivity contribution in [3.63, 3.8) is 0 Å². The van der Waals surface area contributed by atoms with Crippen LogP contribution in [0.15, 0.2) is 35.2 Å². The molecule has 2 aromatic rings. The largest absolute Gasteiger partial charge is 0.507 e. The van der Waals surface area contributed by atoms with Gasteiger partial charge in [-0.25, -0.2) is 0 Å². The van der Waals surface area contributed by atoms with E-state index in [1.165, 1.54) is 15.8 Å². The number of aromatic hydroxyl groups is 1. The Morgan fingerprint density at radius 1 is 0.909 bits per heavy atom. The smallest absolute Gasteiger partial charge is 0.163 e. The van der Waals surface area contributed by atoms with Crippen LogP contribution in [0.1, 0.15) is 54.0 Å². The minimum Gasteiger partial charge on any atom is -0.507 e. The van der Waals surface area contributed by atoms with Crippen LogP contribution in [0.5, 0.6) is 5.75 Å². The molecular weight excluding hydrogens is 288 g/mol. The lowest BCUT2D eigenvalue weighted by molar-refractivity contribution is 0.479. The van der Waals surface area contributed by atoms with Crippen LogP contribution >= 0.6 is 0 Å². The Morgan fingerprint density at radius 2 is 1.50 bits per heavy atom. The van der Waals surface area contributed by atoms with Crippen LogP contribution in [0.25, 0.3) is 10.8 Å². The third-order valence-corrected chi connectivity index (χ3v) is 6.95. The van der Waals surface area contributed by atoms with E-state index in [2.05, 4.69) is 66.7 Å². The van der Waals surface area contributed by atoms with E-state index in [1.54, 1.807) is 0 Å². The molecule has 0 heterocycles. The van der Waals surface area contributed by atoms with Crippen molar-refractivity contribution in [2.45, 2.75) is 69.3 Å². The fourth-order valence-corrected chi connectivity index (χ4v) is 6.00. The Kier molecular flexibility index (Phi) is 4.81. The first-order chi connectivity index (χ1) is 10.1. The lowest BCUT2D eigenvalue weighted by Gasteiger charge is -2.24. The monoisotopic (exact) mass is 317 g/mol. The Morgan fingerprint density at radius 3 is 2.00 bits per heavy atom. The fraction of sp³-hybridized carbons (Fsp3) is 0.500. The van der Waals surface area contributed by atoms with Gasteiger partial charge in [-0.15, -0.1) is 0 Å². The predicted molar refractivity (Wildman–Crippen MR) is 100 cm³/mol. The summed E-state index contributed by atoms with van der Waals surface area (Å²) in [6.45, 7) is 15.8. The van der Waals surface area contributed by atoms with Gasteiger partial charge in [0.25, 0.3) is 0 Å². The first kappa shape index (κ1) is 17.2. The van der Waals surface area contributed by atoms with E-state index in [1.807, 2.05) is 12.1 Å². The molecule has 0 unspecified atom stereocenters. The molecule has 0 aliphatic rings. The average Bonchev–Trinajstić information content (AvgIpc) is 2.37. The number of hydrogen-bond acceptors (Lipinski definition) is 1. The second kappa shape index (κ2) is 6.16. The lowest BCUT2D eigenvalue weighted by Crippen LogP contribution is -2.25. The van der Waals surface area contributed by atoms with Gasteiger partial charge in [0.15, 0.2) is 4.90 Å². The molecule has 0 saturated heterocycles. The molecule has 1 nitrogen and oxygen atoms in total. The maximum Gasteiger partial charge on any atom is 0.163 e. The molecule has 0 amide bonds. The molecule has 0 radical (unpaired) electrons. The summed E-state index contributed by atoms with van der Waals surface area (Å²) < 4.78 is 0. The highest BCUT2D eigenvalue weighted by Crippen LogP contribution is 2.40. The van der Waals surface area contributed by atoms with Gasteiger partial charge in [-0.05, 0) is 56.9 Å². The van der Waals surface area contributed by atoms with E-state index in [0.717, 1.165) is 5.39 Å². The maximum atomic E-state index is 10.5. The van der Waals surface area contributed by atoms with Crippen LogP contribution in [0.2, 0.25) is 0 Å². The molecule has 2 rings (SSSR count). The molecule has 1 N–H and O–H groups in total. The van der Waals surface area contributed by atoms with Crippen LogP contribution in [0.4, 0.5) is 0 Å². The van der Waals surface area contributed by atoms with Gasteiger partial charge in [0.05, 0.1) is 0 Å². The van der Waals surface area contributed by atoms with Crippen LogP contribution < -0.4 is 0 Å². The highest BCUT2D eigenvalue weighted by molar-refractivity contribution is 7.98. The molecular formula is C20H29OS+. The van der Waals surface area contributed by atoms with Crippen molar-refractivity contribution in [3.8, 4) is 5.75 Å². The number of phenols is 1. The quantitative estimate of drug-likeness (QED) is 0.727. The van der Waals surface area contributed by atoms with Gasteiger partial charge in [-0.2, -0.15) is 0 Å². The molecule has 0 fully saturated rings. The SMILES string of the molecule is CC(C)[S+](c1ccc(C(C)(C)C)c2c(O)cccc12)C(C)C. The zero-order chi connectivity index (χ0) is 16.7. The first-order valence-corrected chi connectivity index (χ1v) is 9.46. The van der Waals surface area contributed by atoms with Crippen molar-refractivity contribution in [1.82, 2.24) is 0 Å². The second-order valence-corrected chi connectivity index (χ2v) is 10.6. The normalized spacial score (nSPS) is 12.8. The first-order valence-electron chi connectivity index (χ1n) is 8.11. The summed E-state index contributed by atoms with van der Waals surface area (Å²) >= 11 is 0. The highest BCUT2D eigenvalue weighted by Gasteiger charge is 2.33. The van der Waals surface area contributed by atoms with Crippen LogP contribution in [-0.4, -0.2) is 15.6 Å². The van der Waals surface area contributed by atoms with Crippen LogP contribution in [0, 0.1) is 0 Å². The van der Waals surface area contributed by atoms with E-state index < -0.39 is 0 Å². The molecule has 2 heteroatoms. The van der Waals surface area contributed by atoms with Gasteiger partial charge in [0, 0.05) is 21.7 Å². The van der Waals surface area contributed by atoms with E-state index in [9.17, 15) is 5.11 Å². The fourth-order valence-electron chi connectivity index (χ4n) is 3.24. The zero-order valence-electron chi connectivity index (χ0n) is 14.9. The van der Waals surface area contributed by atoms with Crippen molar-refractivity contribution in [1.29, 1.82) is 0 Å². The molecule has 120 valence electrons. The van der Waals surface area contributed by atoms with Crippen LogP contribution in [0.3, 0.4) is 0 Å². The Balaban J connectivity index is 2.83. The van der Waals surface area contributed by atoms with E-state index in [4.69, 9.17) is 0 Å². The topological polar surface area (TPSA) is 20.2 Å². The van der Waals surface area contributed by atoms with Gasteiger partial charge in [0.2, 0.25) is 0 Å². The summed E-state index contributed by atoms with van der Waals surface area (Å²) in [4.78, 5) is 1.39. The summed E-state index contributed by atoms with van der Waals surface area (Å²) in [7, 11) is 0.180. The van der Waals surface area contributed by atoms with E-state index in [0.29, 0.717) is 16.2 Å². The number of phenolic OH excluding ortho intramolecular Hbond substituents is 1. The minimum atomic E-state index is 0.0177. The molecule has 0 bridgehead atoms. The van der Waals surface area contributed by atoms with E-state index >= 15 is 0 Å². The molecule has 0 aromatic heterocycles. The van der Waals surface area contributed by atoms with Crippen molar-refractivity contribution in [3.05, 3.63) is 35.9 Å². The zero-order valence-corrected chi connectivity index (χ0v) is 15.7. The number of benzene rings is 2. The lowest BCUT2D eigenvalue weighted by atomic mass is 9.83. The van der Waals surface area contributed by atoms with Crippen molar-refractivity contribution in [2.24, 2.45) is 0 Å². The average molecular weight is 318 g/mol. The standard InChI is InChI=1S/C20H28OS/c1-13(2)22(14(3)4)18-12-11-16(20(5,6)7)19-15(18)9-8-10-17(19)21/h8-14H,1-7H3/p+1. The summed E-state index contributed by atoms with van der Waals surface area (Å²) in [5, 5.41) is 14.0. The highest BCUT2D eigenvalue weighted by atomic mass is 32.2. The van der Waals surface area contributed by atoms with Gasteiger partial charge < -0.3 is 5.11 Å².